The van der Waals surface area contributed by atoms with Gasteiger partial charge in [0.1, 0.15) is 11.7 Å². The smallest absolute Gasteiger partial charge is 0.249 e. The molecule has 3 heterocycles. The first kappa shape index (κ1) is 25.0. The molecule has 0 aliphatic carbocycles. The average molecular weight is 476 g/mol. The molecule has 2 aromatic heterocycles. The Morgan fingerprint density at radius 2 is 1.79 bits per heavy atom. The molecule has 182 valence electrons. The molecular formula is C23H28F3N7O. The summed E-state index contributed by atoms with van der Waals surface area (Å²) < 4.78 is 41.5. The number of benzene rings is 1. The van der Waals surface area contributed by atoms with Gasteiger partial charge in [-0.2, -0.15) is 10.1 Å². The van der Waals surface area contributed by atoms with Crippen LogP contribution in [0.25, 0.3) is 0 Å². The van der Waals surface area contributed by atoms with Crippen LogP contribution in [0.5, 0.6) is 0 Å². The minimum atomic E-state index is -1.49. The number of hydrogen-bond donors (Lipinski definition) is 1. The van der Waals surface area contributed by atoms with Gasteiger partial charge in [-0.1, -0.05) is 14.4 Å². The molecule has 34 heavy (non-hydrogen) atoms. The number of carbonyl (C=O) groups is 1. The second-order valence-electron chi connectivity index (χ2n) is 7.78. The Bertz CT molecular complexity index is 1160. The molecule has 1 aliphatic rings. The van der Waals surface area contributed by atoms with E-state index in [4.69, 9.17) is 0 Å². The summed E-state index contributed by atoms with van der Waals surface area (Å²) in [5.41, 5.74) is 1.71. The molecule has 11 heteroatoms. The number of halogens is 3. The minimum absolute atomic E-state index is 0. The van der Waals surface area contributed by atoms with E-state index in [1.165, 1.54) is 4.68 Å². The topological polar surface area (TPSA) is 79.2 Å². The molecule has 1 amide bonds. The predicted molar refractivity (Wildman–Crippen MR) is 124 cm³/mol. The van der Waals surface area contributed by atoms with E-state index < -0.39 is 17.5 Å². The van der Waals surface area contributed by atoms with Gasteiger partial charge in [0.15, 0.2) is 23.3 Å². The third kappa shape index (κ3) is 4.68. The maximum Gasteiger partial charge on any atom is 0.249 e. The molecule has 0 unspecified atom stereocenters. The molecule has 8 nitrogen and oxygen atoms in total. The van der Waals surface area contributed by atoms with Crippen LogP contribution in [0.4, 0.5) is 30.6 Å². The maximum atomic E-state index is 13.4. The van der Waals surface area contributed by atoms with Crippen LogP contribution in [0, 0.1) is 17.5 Å². The third-order valence-corrected chi connectivity index (χ3v) is 5.63. The molecule has 1 atom stereocenters. The molecule has 0 bridgehead atoms. The molecule has 0 radical (unpaired) electrons. The van der Waals surface area contributed by atoms with E-state index in [1.54, 1.807) is 30.5 Å². The van der Waals surface area contributed by atoms with Crippen LogP contribution in [0.1, 0.15) is 38.8 Å². The van der Waals surface area contributed by atoms with Crippen molar-refractivity contribution in [3.63, 3.8) is 0 Å². The first-order valence-electron chi connectivity index (χ1n) is 10.6. The summed E-state index contributed by atoms with van der Waals surface area (Å²) in [6, 6.07) is 1.63. The molecule has 1 aliphatic heterocycles. The van der Waals surface area contributed by atoms with Crippen molar-refractivity contribution >= 4 is 23.4 Å². The Hall–Kier alpha value is -3.63. The molecule has 1 aromatic carbocycles. The van der Waals surface area contributed by atoms with Gasteiger partial charge in [0.2, 0.25) is 11.9 Å². The van der Waals surface area contributed by atoms with E-state index in [-0.39, 0.29) is 31.5 Å². The SMILES string of the molecule is C.CC[C@@H]1C(=O)N(C)c2cnc(NCc3cnn(Cc4cc(F)c(F)c(F)c4)c3)nc2N1CC. The quantitative estimate of drug-likeness (QED) is 0.521. The van der Waals surface area contributed by atoms with Crippen LogP contribution >= 0.6 is 0 Å². The van der Waals surface area contributed by atoms with Gasteiger partial charge < -0.3 is 15.1 Å². The Morgan fingerprint density at radius 1 is 1.09 bits per heavy atom. The molecule has 0 spiro atoms. The van der Waals surface area contributed by atoms with Gasteiger partial charge in [-0.25, -0.2) is 18.2 Å². The molecule has 0 saturated heterocycles. The van der Waals surface area contributed by atoms with Crippen LogP contribution in [0.3, 0.4) is 0 Å². The van der Waals surface area contributed by atoms with Crippen LogP contribution < -0.4 is 15.1 Å². The summed E-state index contributed by atoms with van der Waals surface area (Å²) >= 11 is 0. The number of aromatic nitrogens is 4. The fourth-order valence-corrected chi connectivity index (χ4v) is 3.94. The lowest BCUT2D eigenvalue weighted by Gasteiger charge is -2.39. The zero-order chi connectivity index (χ0) is 23.7. The van der Waals surface area contributed by atoms with Crippen LogP contribution in [-0.4, -0.2) is 45.3 Å². The summed E-state index contributed by atoms with van der Waals surface area (Å²) in [6.07, 6.45) is 5.62. The Labute approximate surface area is 196 Å². The van der Waals surface area contributed by atoms with Gasteiger partial charge in [0.25, 0.3) is 0 Å². The van der Waals surface area contributed by atoms with E-state index in [0.29, 0.717) is 37.0 Å². The van der Waals surface area contributed by atoms with Gasteiger partial charge in [-0.05, 0) is 31.0 Å². The van der Waals surface area contributed by atoms with Crippen molar-refractivity contribution in [1.82, 2.24) is 19.7 Å². The summed E-state index contributed by atoms with van der Waals surface area (Å²) in [7, 11) is 1.72. The van der Waals surface area contributed by atoms with Crippen molar-refractivity contribution in [2.45, 2.75) is 46.8 Å². The van der Waals surface area contributed by atoms with Crippen LogP contribution in [0.2, 0.25) is 0 Å². The summed E-state index contributed by atoms with van der Waals surface area (Å²) in [4.78, 5) is 25.1. The summed E-state index contributed by atoms with van der Waals surface area (Å²) in [5, 5.41) is 7.33. The highest BCUT2D eigenvalue weighted by Gasteiger charge is 2.36. The van der Waals surface area contributed by atoms with E-state index >= 15 is 0 Å². The van der Waals surface area contributed by atoms with E-state index in [9.17, 15) is 18.0 Å². The van der Waals surface area contributed by atoms with Gasteiger partial charge in [0.05, 0.1) is 18.9 Å². The zero-order valence-electron chi connectivity index (χ0n) is 18.5. The van der Waals surface area contributed by atoms with Crippen LogP contribution in [0.15, 0.2) is 30.7 Å². The fourth-order valence-electron chi connectivity index (χ4n) is 3.94. The number of fused-ring (bicyclic) bond motifs is 1. The minimum Gasteiger partial charge on any atom is -0.350 e. The Kier molecular flexibility index (Phi) is 7.43. The van der Waals surface area contributed by atoms with Crippen molar-refractivity contribution < 1.29 is 18.0 Å². The molecule has 0 saturated carbocycles. The number of hydrogen-bond acceptors (Lipinski definition) is 6. The van der Waals surface area contributed by atoms with E-state index in [2.05, 4.69) is 20.4 Å². The second-order valence-corrected chi connectivity index (χ2v) is 7.78. The number of nitrogens with zero attached hydrogens (tertiary/aromatic N) is 6. The van der Waals surface area contributed by atoms with Gasteiger partial charge in [0, 0.05) is 31.9 Å². The van der Waals surface area contributed by atoms with E-state index in [0.717, 1.165) is 17.7 Å². The average Bonchev–Trinajstić information content (AvgIpc) is 3.25. The van der Waals surface area contributed by atoms with Crippen LogP contribution in [-0.2, 0) is 17.9 Å². The second kappa shape index (κ2) is 10.1. The van der Waals surface area contributed by atoms with Crippen molar-refractivity contribution in [2.75, 3.05) is 28.7 Å². The fraction of sp³-hybridized carbons (Fsp3) is 0.391. The number of rotatable bonds is 7. The van der Waals surface area contributed by atoms with Crippen molar-refractivity contribution in [2.24, 2.45) is 0 Å². The Morgan fingerprint density at radius 3 is 2.44 bits per heavy atom. The van der Waals surface area contributed by atoms with E-state index in [1.807, 2.05) is 18.7 Å². The lowest BCUT2D eigenvalue weighted by Crippen LogP contribution is -2.52. The number of anilines is 3. The van der Waals surface area contributed by atoms with Gasteiger partial charge >= 0.3 is 0 Å². The monoisotopic (exact) mass is 475 g/mol. The highest BCUT2D eigenvalue weighted by atomic mass is 19.2. The number of amides is 1. The predicted octanol–water partition coefficient (Wildman–Crippen LogP) is 3.97. The highest BCUT2D eigenvalue weighted by molar-refractivity contribution is 6.04. The van der Waals surface area contributed by atoms with Crippen molar-refractivity contribution in [3.05, 3.63) is 59.3 Å². The zero-order valence-corrected chi connectivity index (χ0v) is 18.5. The molecule has 3 aromatic rings. The maximum absolute atomic E-state index is 13.4. The van der Waals surface area contributed by atoms with Crippen molar-refractivity contribution in [3.8, 4) is 0 Å². The number of nitrogens with one attached hydrogen (secondary N) is 1. The highest BCUT2D eigenvalue weighted by Crippen LogP contribution is 2.34. The molecule has 1 N–H and O–H groups in total. The first-order valence-corrected chi connectivity index (χ1v) is 10.6. The first-order chi connectivity index (χ1) is 15.8. The molecule has 4 rings (SSSR count). The Balaban J connectivity index is 0.00000324. The number of likely N-dealkylation sites (N-methyl/N-ethyl adjacent to an activating group) is 2. The summed E-state index contributed by atoms with van der Waals surface area (Å²) in [5.74, 6) is -2.84. The number of carbonyl (C=O) groups excluding carboxylic acids is 1. The van der Waals surface area contributed by atoms with Gasteiger partial charge in [-0.15, -0.1) is 0 Å². The molecule has 0 fully saturated rings. The molecular weight excluding hydrogens is 447 g/mol. The lowest BCUT2D eigenvalue weighted by molar-refractivity contribution is -0.120. The third-order valence-electron chi connectivity index (χ3n) is 5.63. The largest absolute Gasteiger partial charge is 0.350 e. The lowest BCUT2D eigenvalue weighted by atomic mass is 10.1. The normalized spacial score (nSPS) is 15.2. The van der Waals surface area contributed by atoms with Crippen molar-refractivity contribution in [1.29, 1.82) is 0 Å². The van der Waals surface area contributed by atoms with Gasteiger partial charge in [-0.3, -0.25) is 9.48 Å². The summed E-state index contributed by atoms with van der Waals surface area (Å²) in [6.45, 7) is 5.04. The standard InChI is InChI=1S/C22H24F3N7O.CH4/c1-4-17-21(33)30(3)18-10-27-22(29-20(18)32(17)5-2)26-8-14-9-28-31(12-14)11-13-6-15(23)19(25)16(24)7-13;/h6-7,9-10,12,17H,4-5,8,11H2,1-3H3,(H,26,27,29);1H4/t17-;/m1./s1.